The number of carbonyl (C=O) groups excluding carboxylic acids is 2. The number of nitrogens with two attached hydrogens (primary N) is 1. The normalized spacial score (nSPS) is 10.8. The van der Waals surface area contributed by atoms with Gasteiger partial charge in [0.15, 0.2) is 11.8 Å². The molecule has 9 nitrogen and oxygen atoms in total. The van der Waals surface area contributed by atoms with Crippen LogP contribution < -0.4 is 5.73 Å². The van der Waals surface area contributed by atoms with Gasteiger partial charge in [-0.05, 0) is 24.3 Å². The molecule has 2 aromatic rings. The van der Waals surface area contributed by atoms with Gasteiger partial charge in [-0.25, -0.2) is 9.59 Å². The van der Waals surface area contributed by atoms with E-state index in [2.05, 4.69) is 19.5 Å². The first-order valence-corrected chi connectivity index (χ1v) is 6.65. The predicted molar refractivity (Wildman–Crippen MR) is 88.7 cm³/mol. The summed E-state index contributed by atoms with van der Waals surface area (Å²) in [4.78, 5) is 26.4. The van der Waals surface area contributed by atoms with E-state index in [1.54, 1.807) is 24.3 Å². The van der Waals surface area contributed by atoms with Gasteiger partial charge in [0, 0.05) is 19.5 Å². The zero-order chi connectivity index (χ0) is 17.9. The van der Waals surface area contributed by atoms with Gasteiger partial charge in [0.05, 0.1) is 26.7 Å². The van der Waals surface area contributed by atoms with Crippen molar-refractivity contribution in [2.75, 3.05) is 21.3 Å². The van der Waals surface area contributed by atoms with E-state index in [1.807, 2.05) is 0 Å². The van der Waals surface area contributed by atoms with E-state index in [1.165, 1.54) is 33.9 Å². The molecule has 0 saturated heterocycles. The van der Waals surface area contributed by atoms with Crippen molar-refractivity contribution >= 4 is 17.7 Å². The molecule has 10 heteroatoms. The van der Waals surface area contributed by atoms with Crippen LogP contribution in [0.25, 0.3) is 0 Å². The zero-order valence-electron chi connectivity index (χ0n) is 14.1. The molecule has 2 rings (SSSR count). The van der Waals surface area contributed by atoms with Gasteiger partial charge >= 0.3 is 11.9 Å². The van der Waals surface area contributed by atoms with Gasteiger partial charge in [0.25, 0.3) is 0 Å². The Morgan fingerprint density at radius 2 is 1.69 bits per heavy atom. The van der Waals surface area contributed by atoms with E-state index >= 15 is 0 Å². The summed E-state index contributed by atoms with van der Waals surface area (Å²) < 4.78 is 18.7. The molecule has 0 saturated carbocycles. The maximum atomic E-state index is 11.1. The first-order chi connectivity index (χ1) is 11.5. The van der Waals surface area contributed by atoms with Crippen molar-refractivity contribution in [2.45, 2.75) is 13.5 Å². The second-order valence-corrected chi connectivity index (χ2v) is 4.11. The average molecular weight is 420 g/mol. The van der Waals surface area contributed by atoms with Gasteiger partial charge in [0.1, 0.15) is 12.9 Å². The number of hydrogen-bond acceptors (Lipinski definition) is 9. The molecule has 2 heterocycles. The van der Waals surface area contributed by atoms with Crippen LogP contribution in [-0.4, -0.2) is 39.0 Å². The fourth-order valence-electron chi connectivity index (χ4n) is 1.50. The van der Waals surface area contributed by atoms with Gasteiger partial charge in [-0.3, -0.25) is 0 Å². The van der Waals surface area contributed by atoms with Crippen LogP contribution in [0.3, 0.4) is 0 Å². The number of nitrogens with zero attached hydrogens (tertiary/aromatic N) is 1. The van der Waals surface area contributed by atoms with Gasteiger partial charge in [0.2, 0.25) is 5.71 Å². The van der Waals surface area contributed by atoms with Crippen LogP contribution in [0, 0.1) is 0 Å². The third kappa shape index (κ3) is 7.63. The molecule has 1 atom stereocenters. The first kappa shape index (κ1) is 25.8. The van der Waals surface area contributed by atoms with E-state index in [-0.39, 0.29) is 32.6 Å². The van der Waals surface area contributed by atoms with Crippen molar-refractivity contribution < 1.29 is 52.2 Å². The van der Waals surface area contributed by atoms with E-state index < -0.39 is 18.0 Å². The minimum Gasteiger partial charge on any atom is -0.468 e. The Balaban J connectivity index is 0. The fraction of sp³-hybridized carbons (Fsp3) is 0.312. The van der Waals surface area contributed by atoms with Crippen molar-refractivity contribution in [3.05, 3.63) is 48.3 Å². The van der Waals surface area contributed by atoms with Crippen LogP contribution in [0.15, 0.2) is 50.8 Å². The third-order valence-electron chi connectivity index (χ3n) is 2.62. The van der Waals surface area contributed by atoms with Gasteiger partial charge in [-0.15, -0.1) is 0 Å². The van der Waals surface area contributed by atoms with Crippen LogP contribution in [0.2, 0.25) is 0 Å². The summed E-state index contributed by atoms with van der Waals surface area (Å²) in [7, 11) is 3.88. The number of oxime groups is 1. The molecule has 0 aliphatic rings. The maximum absolute atomic E-state index is 11.1. The molecule has 0 amide bonds. The number of methoxy groups -OCH3 is 2. The van der Waals surface area contributed by atoms with Crippen LogP contribution >= 0.6 is 0 Å². The maximum Gasteiger partial charge on any atom is 0.364 e. The van der Waals surface area contributed by atoms with E-state index in [4.69, 9.17) is 14.6 Å². The Bertz CT molecular complexity index is 654. The zero-order valence-corrected chi connectivity index (χ0v) is 17.1. The summed E-state index contributed by atoms with van der Waals surface area (Å²) in [5.41, 5.74) is 5.43. The van der Waals surface area contributed by atoms with E-state index in [0.717, 1.165) is 0 Å². The summed E-state index contributed by atoms with van der Waals surface area (Å²) in [6.45, 7) is 0. The number of hydrogen-bond donors (Lipinski definition) is 1. The Labute approximate surface area is 164 Å². The van der Waals surface area contributed by atoms with Crippen molar-refractivity contribution in [2.24, 2.45) is 10.9 Å². The van der Waals surface area contributed by atoms with Crippen LogP contribution in [0.5, 0.6) is 0 Å². The standard InChI is InChI=1S/C8H9NO4.C7H9NO3.CH4.Zn/c1-11-8(10)7(9-12-2)6-4-3-5-13-6;1-10-7(9)6(8)5-3-2-4-11-5;;/h3-5H,1-2H3;2-4,6H,8H2,1H3;1H4;/b9-7+;;;. The van der Waals surface area contributed by atoms with Crippen LogP contribution in [-0.2, 0) is 43.4 Å². The predicted octanol–water partition coefficient (Wildman–Crippen LogP) is 1.89. The molecule has 0 radical (unpaired) electrons. The summed E-state index contributed by atoms with van der Waals surface area (Å²) >= 11 is 0. The molecule has 0 aromatic carbocycles. The minimum atomic E-state index is -0.810. The molecular formula is C16H22N2O7Zn. The SMILES string of the molecule is C.CO/N=C(/C(=O)OC)c1ccco1.COC(=O)C(N)c1ccco1.[Zn]. The molecule has 1 unspecified atom stereocenters. The first-order valence-electron chi connectivity index (χ1n) is 6.65. The van der Waals surface area contributed by atoms with Gasteiger partial charge in [-0.1, -0.05) is 12.6 Å². The van der Waals surface area contributed by atoms with Crippen molar-refractivity contribution in [3.8, 4) is 0 Å². The number of esters is 2. The monoisotopic (exact) mass is 418 g/mol. The Hall–Kier alpha value is -2.45. The Kier molecular flexibility index (Phi) is 13.7. The van der Waals surface area contributed by atoms with E-state index in [0.29, 0.717) is 11.5 Å². The topological polar surface area (TPSA) is 126 Å². The molecule has 2 aromatic heterocycles. The molecule has 0 fully saturated rings. The van der Waals surface area contributed by atoms with Crippen molar-refractivity contribution in [3.63, 3.8) is 0 Å². The van der Waals surface area contributed by atoms with E-state index in [9.17, 15) is 9.59 Å². The Morgan fingerprint density at radius 3 is 2.12 bits per heavy atom. The summed E-state index contributed by atoms with van der Waals surface area (Å²) in [5.74, 6) is -0.373. The number of rotatable bonds is 5. The van der Waals surface area contributed by atoms with Crippen molar-refractivity contribution in [1.82, 2.24) is 0 Å². The molecule has 2 N–H and O–H groups in total. The molecule has 26 heavy (non-hydrogen) atoms. The molecule has 0 aliphatic heterocycles. The minimum absolute atomic E-state index is 0. The fourth-order valence-corrected chi connectivity index (χ4v) is 1.50. The molecular weight excluding hydrogens is 398 g/mol. The summed E-state index contributed by atoms with van der Waals surface area (Å²) in [6.07, 6.45) is 2.89. The molecule has 140 valence electrons. The number of ether oxygens (including phenoxy) is 2. The molecule has 0 aliphatic carbocycles. The number of carbonyl (C=O) groups is 2. The van der Waals surface area contributed by atoms with Crippen molar-refractivity contribution in [1.29, 1.82) is 0 Å². The third-order valence-corrected chi connectivity index (χ3v) is 2.62. The summed E-state index contributed by atoms with van der Waals surface area (Å²) in [5, 5.41) is 3.49. The largest absolute Gasteiger partial charge is 0.468 e. The Morgan fingerprint density at radius 1 is 1.08 bits per heavy atom. The molecule has 0 spiro atoms. The van der Waals surface area contributed by atoms with Crippen LogP contribution in [0.4, 0.5) is 0 Å². The number of furan rings is 2. The average Bonchev–Trinajstić information content (AvgIpc) is 3.31. The smallest absolute Gasteiger partial charge is 0.364 e. The summed E-state index contributed by atoms with van der Waals surface area (Å²) in [6, 6.07) is 5.72. The second-order valence-electron chi connectivity index (χ2n) is 4.11. The molecule has 0 bridgehead atoms. The quantitative estimate of drug-likeness (QED) is 0.337. The van der Waals surface area contributed by atoms with Gasteiger partial charge < -0.3 is 28.9 Å². The van der Waals surface area contributed by atoms with Crippen LogP contribution in [0.1, 0.15) is 25.0 Å². The van der Waals surface area contributed by atoms with Gasteiger partial charge in [-0.2, -0.15) is 0 Å². The second kappa shape index (κ2) is 13.8.